The molecule has 1 saturated carbocycles. The van der Waals surface area contributed by atoms with Gasteiger partial charge in [-0.25, -0.2) is 0 Å². The maximum atomic E-state index is 3.82. The zero-order chi connectivity index (χ0) is 9.97. The topological polar surface area (TPSA) is 15.3 Å². The van der Waals surface area contributed by atoms with Gasteiger partial charge in [0.1, 0.15) is 0 Å². The molecule has 2 fully saturated rings. The van der Waals surface area contributed by atoms with Gasteiger partial charge < -0.3 is 5.32 Å². The molecule has 2 nitrogen and oxygen atoms in total. The molecular weight excluding hydrogens is 172 g/mol. The van der Waals surface area contributed by atoms with Crippen molar-refractivity contribution in [3.05, 3.63) is 0 Å². The van der Waals surface area contributed by atoms with E-state index in [9.17, 15) is 0 Å². The van der Waals surface area contributed by atoms with Crippen LogP contribution in [0.15, 0.2) is 0 Å². The number of fused-ring (bicyclic) bond motifs is 2. The molecule has 2 bridgehead atoms. The van der Waals surface area contributed by atoms with Gasteiger partial charge in [-0.1, -0.05) is 20.3 Å². The van der Waals surface area contributed by atoms with Gasteiger partial charge in [-0.15, -0.1) is 0 Å². The third kappa shape index (κ3) is 2.12. The SMILES string of the molecule is CCC1CN(CC)C2CCCC(C2)N1. The van der Waals surface area contributed by atoms with Crippen LogP contribution < -0.4 is 5.32 Å². The molecule has 1 saturated heterocycles. The van der Waals surface area contributed by atoms with Crippen molar-refractivity contribution in [1.29, 1.82) is 0 Å². The van der Waals surface area contributed by atoms with Crippen LogP contribution in [0.25, 0.3) is 0 Å². The quantitative estimate of drug-likeness (QED) is 0.726. The summed E-state index contributed by atoms with van der Waals surface area (Å²) in [7, 11) is 0. The predicted octanol–water partition coefficient (Wildman–Crippen LogP) is 2.00. The van der Waals surface area contributed by atoms with Gasteiger partial charge in [0.05, 0.1) is 0 Å². The zero-order valence-corrected chi connectivity index (χ0v) is 9.63. The van der Waals surface area contributed by atoms with Gasteiger partial charge in [0, 0.05) is 24.7 Å². The Labute approximate surface area is 88.1 Å². The van der Waals surface area contributed by atoms with E-state index in [1.807, 2.05) is 0 Å². The van der Waals surface area contributed by atoms with Gasteiger partial charge in [0.2, 0.25) is 0 Å². The van der Waals surface area contributed by atoms with Crippen LogP contribution in [0, 0.1) is 0 Å². The number of hydrogen-bond donors (Lipinski definition) is 1. The van der Waals surface area contributed by atoms with E-state index in [2.05, 4.69) is 24.1 Å². The summed E-state index contributed by atoms with van der Waals surface area (Å²) in [5.41, 5.74) is 0. The molecule has 0 aromatic carbocycles. The lowest BCUT2D eigenvalue weighted by Crippen LogP contribution is -2.40. The van der Waals surface area contributed by atoms with Crippen LogP contribution in [0.1, 0.15) is 46.0 Å². The first-order valence-electron chi connectivity index (χ1n) is 6.33. The van der Waals surface area contributed by atoms with Gasteiger partial charge in [0.15, 0.2) is 0 Å². The summed E-state index contributed by atoms with van der Waals surface area (Å²) in [6.07, 6.45) is 6.94. The second-order valence-corrected chi connectivity index (χ2v) is 4.88. The van der Waals surface area contributed by atoms with E-state index < -0.39 is 0 Å². The second-order valence-electron chi connectivity index (χ2n) is 4.88. The maximum Gasteiger partial charge on any atom is 0.0195 e. The van der Waals surface area contributed by atoms with Gasteiger partial charge in [0.25, 0.3) is 0 Å². The Bertz CT molecular complexity index is 179. The average molecular weight is 196 g/mol. The largest absolute Gasteiger partial charge is 0.310 e. The third-order valence-electron chi connectivity index (χ3n) is 3.99. The van der Waals surface area contributed by atoms with Gasteiger partial charge >= 0.3 is 0 Å². The lowest BCUT2D eigenvalue weighted by molar-refractivity contribution is 0.173. The molecule has 0 radical (unpaired) electrons. The van der Waals surface area contributed by atoms with E-state index in [0.29, 0.717) is 0 Å². The van der Waals surface area contributed by atoms with E-state index in [1.165, 1.54) is 45.2 Å². The molecule has 82 valence electrons. The lowest BCUT2D eigenvalue weighted by Gasteiger charge is -2.33. The highest BCUT2D eigenvalue weighted by Crippen LogP contribution is 2.26. The molecular formula is C12H24N2. The van der Waals surface area contributed by atoms with Crippen LogP contribution in [-0.4, -0.2) is 36.1 Å². The first kappa shape index (κ1) is 10.4. The lowest BCUT2D eigenvalue weighted by atomic mass is 9.91. The summed E-state index contributed by atoms with van der Waals surface area (Å²) in [4.78, 5) is 2.69. The van der Waals surface area contributed by atoms with Gasteiger partial charge in [-0.2, -0.15) is 0 Å². The minimum absolute atomic E-state index is 0.739. The van der Waals surface area contributed by atoms with Crippen LogP contribution in [0.3, 0.4) is 0 Å². The van der Waals surface area contributed by atoms with E-state index in [4.69, 9.17) is 0 Å². The summed E-state index contributed by atoms with van der Waals surface area (Å²) in [6, 6.07) is 2.43. The first-order valence-corrected chi connectivity index (χ1v) is 6.33. The Morgan fingerprint density at radius 2 is 2.14 bits per heavy atom. The van der Waals surface area contributed by atoms with Gasteiger partial charge in [-0.3, -0.25) is 4.90 Å². The Morgan fingerprint density at radius 3 is 2.86 bits per heavy atom. The van der Waals surface area contributed by atoms with Crippen molar-refractivity contribution in [3.8, 4) is 0 Å². The summed E-state index contributed by atoms with van der Waals surface area (Å²) in [5, 5.41) is 3.82. The molecule has 1 heterocycles. The molecule has 0 aromatic rings. The molecule has 0 amide bonds. The Morgan fingerprint density at radius 1 is 1.29 bits per heavy atom. The predicted molar refractivity (Wildman–Crippen MR) is 60.5 cm³/mol. The Hall–Kier alpha value is -0.0800. The molecule has 1 N–H and O–H groups in total. The Balaban J connectivity index is 2.05. The van der Waals surface area contributed by atoms with E-state index in [1.54, 1.807) is 0 Å². The molecule has 2 rings (SSSR count). The number of rotatable bonds is 2. The molecule has 0 spiro atoms. The van der Waals surface area contributed by atoms with Crippen molar-refractivity contribution in [2.75, 3.05) is 13.1 Å². The fourth-order valence-electron chi connectivity index (χ4n) is 3.10. The summed E-state index contributed by atoms with van der Waals surface area (Å²) in [6.45, 7) is 7.12. The van der Waals surface area contributed by atoms with Crippen LogP contribution in [0.4, 0.5) is 0 Å². The smallest absolute Gasteiger partial charge is 0.0195 e. The zero-order valence-electron chi connectivity index (χ0n) is 9.63. The number of nitrogens with one attached hydrogen (secondary N) is 1. The van der Waals surface area contributed by atoms with Crippen LogP contribution in [0.2, 0.25) is 0 Å². The molecule has 14 heavy (non-hydrogen) atoms. The Kier molecular flexibility index (Phi) is 3.45. The van der Waals surface area contributed by atoms with Crippen molar-refractivity contribution in [2.24, 2.45) is 0 Å². The molecule has 1 aliphatic carbocycles. The van der Waals surface area contributed by atoms with Crippen molar-refractivity contribution in [2.45, 2.75) is 64.1 Å². The van der Waals surface area contributed by atoms with E-state index in [0.717, 1.165) is 18.1 Å². The summed E-state index contributed by atoms with van der Waals surface area (Å²) < 4.78 is 0. The van der Waals surface area contributed by atoms with E-state index >= 15 is 0 Å². The molecule has 2 aliphatic rings. The van der Waals surface area contributed by atoms with Crippen molar-refractivity contribution in [1.82, 2.24) is 10.2 Å². The number of likely N-dealkylation sites (N-methyl/N-ethyl adjacent to an activating group) is 1. The summed E-state index contributed by atoms with van der Waals surface area (Å²) in [5.74, 6) is 0. The fourth-order valence-corrected chi connectivity index (χ4v) is 3.10. The molecule has 2 heteroatoms. The monoisotopic (exact) mass is 196 g/mol. The highest BCUT2D eigenvalue weighted by molar-refractivity contribution is 4.90. The minimum Gasteiger partial charge on any atom is -0.310 e. The van der Waals surface area contributed by atoms with Crippen LogP contribution >= 0.6 is 0 Å². The van der Waals surface area contributed by atoms with Crippen LogP contribution in [-0.2, 0) is 0 Å². The maximum absolute atomic E-state index is 3.82. The highest BCUT2D eigenvalue weighted by Gasteiger charge is 2.31. The molecule has 3 atom stereocenters. The van der Waals surface area contributed by atoms with Crippen molar-refractivity contribution >= 4 is 0 Å². The minimum atomic E-state index is 0.739. The number of nitrogens with zero attached hydrogens (tertiary/aromatic N) is 1. The van der Waals surface area contributed by atoms with Crippen molar-refractivity contribution < 1.29 is 0 Å². The van der Waals surface area contributed by atoms with Gasteiger partial charge in [-0.05, 0) is 32.2 Å². The second kappa shape index (κ2) is 4.63. The van der Waals surface area contributed by atoms with Crippen molar-refractivity contribution in [3.63, 3.8) is 0 Å². The normalized spacial score (nSPS) is 39.4. The first-order chi connectivity index (χ1) is 6.83. The third-order valence-corrected chi connectivity index (χ3v) is 3.99. The molecule has 3 unspecified atom stereocenters. The van der Waals surface area contributed by atoms with E-state index in [-0.39, 0.29) is 0 Å². The number of hydrogen-bond acceptors (Lipinski definition) is 2. The average Bonchev–Trinajstić information content (AvgIpc) is 2.35. The standard InChI is InChI=1S/C12H24N2/c1-3-10-9-14(4-2)12-7-5-6-11(8-12)13-10/h10-13H,3-9H2,1-2H3. The summed E-state index contributed by atoms with van der Waals surface area (Å²) >= 11 is 0. The highest BCUT2D eigenvalue weighted by atomic mass is 15.2. The molecule has 0 aromatic heterocycles. The van der Waals surface area contributed by atoms with Crippen LogP contribution in [0.5, 0.6) is 0 Å². The molecule has 1 aliphatic heterocycles. The fraction of sp³-hybridized carbons (Fsp3) is 1.00.